The van der Waals surface area contributed by atoms with Crippen LogP contribution in [0.2, 0.25) is 0 Å². The molecule has 3 heterocycles. The summed E-state index contributed by atoms with van der Waals surface area (Å²) < 4.78 is 17.0. The third-order valence-electron chi connectivity index (χ3n) is 5.47. The van der Waals surface area contributed by atoms with Crippen molar-refractivity contribution in [1.82, 2.24) is 20.0 Å². The molecule has 0 unspecified atom stereocenters. The molecule has 1 aromatic carbocycles. The van der Waals surface area contributed by atoms with Gasteiger partial charge in [0.1, 0.15) is 0 Å². The van der Waals surface area contributed by atoms with Gasteiger partial charge in [-0.15, -0.1) is 0 Å². The highest BCUT2D eigenvalue weighted by Crippen LogP contribution is 2.35. The average molecular weight is 442 g/mol. The molecule has 0 bridgehead atoms. The Hall–Kier alpha value is -3.56. The van der Waals surface area contributed by atoms with Crippen molar-refractivity contribution in [3.05, 3.63) is 40.7 Å². The Morgan fingerprint density at radius 3 is 2.72 bits per heavy atom. The van der Waals surface area contributed by atoms with Crippen LogP contribution in [0.25, 0.3) is 11.3 Å². The summed E-state index contributed by atoms with van der Waals surface area (Å²) in [6.45, 7) is 3.56. The van der Waals surface area contributed by atoms with E-state index in [0.29, 0.717) is 49.7 Å². The van der Waals surface area contributed by atoms with E-state index in [1.165, 1.54) is 10.7 Å². The topological polar surface area (TPSA) is 112 Å². The van der Waals surface area contributed by atoms with E-state index < -0.39 is 0 Å². The zero-order chi connectivity index (χ0) is 22.5. The first-order valence-electron chi connectivity index (χ1n) is 10.7. The molecule has 2 aliphatic rings. The van der Waals surface area contributed by atoms with E-state index >= 15 is 0 Å². The van der Waals surface area contributed by atoms with Crippen LogP contribution in [0.1, 0.15) is 26.2 Å². The lowest BCUT2D eigenvalue weighted by Gasteiger charge is -2.31. The number of hydrogen-bond donors (Lipinski definition) is 1. The molecule has 1 fully saturated rings. The first-order chi connectivity index (χ1) is 15.5. The summed E-state index contributed by atoms with van der Waals surface area (Å²) >= 11 is 0. The molecule has 2 aromatic rings. The van der Waals surface area contributed by atoms with Crippen molar-refractivity contribution in [3.8, 4) is 22.8 Å². The van der Waals surface area contributed by atoms with Gasteiger partial charge in [0.15, 0.2) is 11.5 Å². The van der Waals surface area contributed by atoms with E-state index in [1.807, 2.05) is 12.1 Å². The Balaban J connectivity index is 1.31. The lowest BCUT2D eigenvalue weighted by molar-refractivity contribution is -0.122. The Morgan fingerprint density at radius 1 is 1.16 bits per heavy atom. The van der Waals surface area contributed by atoms with Gasteiger partial charge in [-0.05, 0) is 44.0 Å². The summed E-state index contributed by atoms with van der Waals surface area (Å²) in [5, 5.41) is 7.39. The number of ether oxygens (including phenoxy) is 3. The van der Waals surface area contributed by atoms with Crippen LogP contribution in [0.4, 0.5) is 4.79 Å². The summed E-state index contributed by atoms with van der Waals surface area (Å²) in [5.41, 5.74) is 1.13. The number of fused-ring (bicyclic) bond motifs is 1. The maximum atomic E-state index is 12.4. The number of carbonyl (C=O) groups excluding carboxylic acids is 2. The zero-order valence-electron chi connectivity index (χ0n) is 17.9. The van der Waals surface area contributed by atoms with Crippen molar-refractivity contribution in [1.29, 1.82) is 0 Å². The molecule has 10 nitrogen and oxygen atoms in total. The van der Waals surface area contributed by atoms with Crippen molar-refractivity contribution in [2.75, 3.05) is 26.5 Å². The molecule has 1 N–H and O–H groups in total. The summed E-state index contributed by atoms with van der Waals surface area (Å²) in [6, 6.07) is 8.55. The molecule has 170 valence electrons. The molecule has 4 rings (SSSR count). The summed E-state index contributed by atoms with van der Waals surface area (Å²) in [5.74, 6) is 1.16. The fourth-order valence-corrected chi connectivity index (χ4v) is 3.75. The molecule has 0 atom stereocenters. The molecule has 0 radical (unpaired) electrons. The van der Waals surface area contributed by atoms with Crippen molar-refractivity contribution in [2.45, 2.75) is 38.8 Å². The number of benzene rings is 1. The monoisotopic (exact) mass is 442 g/mol. The first-order valence-corrected chi connectivity index (χ1v) is 10.7. The van der Waals surface area contributed by atoms with Crippen LogP contribution < -0.4 is 20.3 Å². The number of aryl methyl sites for hydroxylation is 1. The molecular formula is C22H26N4O6. The lowest BCUT2D eigenvalue weighted by Crippen LogP contribution is -2.46. The summed E-state index contributed by atoms with van der Waals surface area (Å²) in [6.07, 6.45) is 1.16. The van der Waals surface area contributed by atoms with Gasteiger partial charge < -0.3 is 24.4 Å². The first kappa shape index (κ1) is 21.7. The van der Waals surface area contributed by atoms with Crippen molar-refractivity contribution in [3.63, 3.8) is 0 Å². The lowest BCUT2D eigenvalue weighted by atomic mass is 10.1. The van der Waals surface area contributed by atoms with Gasteiger partial charge in [0, 0.05) is 37.2 Å². The van der Waals surface area contributed by atoms with Crippen molar-refractivity contribution >= 4 is 12.0 Å². The van der Waals surface area contributed by atoms with Gasteiger partial charge >= 0.3 is 6.09 Å². The fourth-order valence-electron chi connectivity index (χ4n) is 3.75. The number of hydrogen-bond acceptors (Lipinski definition) is 7. The molecule has 1 aromatic heterocycles. The van der Waals surface area contributed by atoms with E-state index in [9.17, 15) is 14.4 Å². The van der Waals surface area contributed by atoms with Gasteiger partial charge in [-0.25, -0.2) is 9.48 Å². The average Bonchev–Trinajstić information content (AvgIpc) is 3.27. The number of likely N-dealkylation sites (tertiary alicyclic amines) is 1. The molecule has 10 heteroatoms. The number of nitrogens with one attached hydrogen (secondary N) is 1. The minimum Gasteiger partial charge on any atom is -0.454 e. The number of piperidine rings is 1. The van der Waals surface area contributed by atoms with Crippen LogP contribution in [-0.4, -0.2) is 59.2 Å². The zero-order valence-corrected chi connectivity index (χ0v) is 17.9. The molecule has 0 aliphatic carbocycles. The highest BCUT2D eigenvalue weighted by molar-refractivity contribution is 5.76. The van der Waals surface area contributed by atoms with E-state index in [2.05, 4.69) is 10.4 Å². The van der Waals surface area contributed by atoms with Crippen LogP contribution in [-0.2, 0) is 16.1 Å². The summed E-state index contributed by atoms with van der Waals surface area (Å²) in [4.78, 5) is 38.0. The number of amides is 2. The second-order valence-corrected chi connectivity index (χ2v) is 7.63. The molecule has 0 saturated carbocycles. The fraction of sp³-hybridized carbons (Fsp3) is 0.455. The van der Waals surface area contributed by atoms with Crippen LogP contribution in [0.15, 0.2) is 35.1 Å². The Kier molecular flexibility index (Phi) is 6.58. The Labute approximate surface area is 185 Å². The maximum absolute atomic E-state index is 12.4. The van der Waals surface area contributed by atoms with Crippen molar-refractivity contribution in [2.24, 2.45) is 0 Å². The molecule has 2 amide bonds. The SMILES string of the molecule is CCOC(=O)N1CCC(NC(=O)CCn2nc(-c3ccc4c(c3)OCO4)ccc2=O)CC1. The number of nitrogens with zero attached hydrogens (tertiary/aromatic N) is 3. The van der Waals surface area contributed by atoms with Gasteiger partial charge in [0.05, 0.1) is 18.8 Å². The van der Waals surface area contributed by atoms with Crippen LogP contribution in [0.3, 0.4) is 0 Å². The Bertz CT molecular complexity index is 1040. The Morgan fingerprint density at radius 2 is 1.94 bits per heavy atom. The number of carbonyl (C=O) groups is 2. The molecule has 1 saturated heterocycles. The third kappa shape index (κ3) is 5.01. The van der Waals surface area contributed by atoms with Gasteiger partial charge in [0.2, 0.25) is 12.7 Å². The standard InChI is InChI=1S/C22H26N4O6/c1-2-30-22(29)25-10-7-16(8-11-25)23-20(27)9-12-26-21(28)6-4-17(24-26)15-3-5-18-19(13-15)32-14-31-18/h3-6,13,16H,2,7-12,14H2,1H3,(H,23,27). The largest absolute Gasteiger partial charge is 0.454 e. The number of aromatic nitrogens is 2. The van der Waals surface area contributed by atoms with E-state index in [0.717, 1.165) is 5.56 Å². The van der Waals surface area contributed by atoms with Gasteiger partial charge in [0.25, 0.3) is 5.56 Å². The predicted octanol–water partition coefficient (Wildman–Crippen LogP) is 1.77. The molecule has 32 heavy (non-hydrogen) atoms. The van der Waals surface area contributed by atoms with Gasteiger partial charge in [-0.3, -0.25) is 9.59 Å². The highest BCUT2D eigenvalue weighted by Gasteiger charge is 2.24. The smallest absolute Gasteiger partial charge is 0.409 e. The van der Waals surface area contributed by atoms with Crippen LogP contribution in [0, 0.1) is 0 Å². The minimum absolute atomic E-state index is 0.00201. The minimum atomic E-state index is -0.315. The van der Waals surface area contributed by atoms with E-state index in [4.69, 9.17) is 14.2 Å². The highest BCUT2D eigenvalue weighted by atomic mass is 16.7. The normalized spacial score (nSPS) is 15.5. The maximum Gasteiger partial charge on any atom is 0.409 e. The molecule has 2 aliphatic heterocycles. The molecule has 0 spiro atoms. The van der Waals surface area contributed by atoms with Gasteiger partial charge in [-0.2, -0.15) is 5.10 Å². The van der Waals surface area contributed by atoms with E-state index in [1.54, 1.807) is 24.0 Å². The summed E-state index contributed by atoms with van der Waals surface area (Å²) in [7, 11) is 0. The van der Waals surface area contributed by atoms with Crippen LogP contribution >= 0.6 is 0 Å². The third-order valence-corrected chi connectivity index (χ3v) is 5.47. The van der Waals surface area contributed by atoms with Crippen molar-refractivity contribution < 1.29 is 23.8 Å². The van der Waals surface area contributed by atoms with E-state index in [-0.39, 0.29) is 43.4 Å². The second kappa shape index (κ2) is 9.71. The quantitative estimate of drug-likeness (QED) is 0.726. The number of rotatable bonds is 6. The van der Waals surface area contributed by atoms with Crippen LogP contribution in [0.5, 0.6) is 11.5 Å². The predicted molar refractivity (Wildman–Crippen MR) is 114 cm³/mol. The second-order valence-electron chi connectivity index (χ2n) is 7.63. The van der Waals surface area contributed by atoms with Gasteiger partial charge in [-0.1, -0.05) is 0 Å². The molecular weight excluding hydrogens is 416 g/mol.